The number of halogens is 1. The zero-order chi connectivity index (χ0) is 25.6. The molecule has 7 rings (SSSR count). The van der Waals surface area contributed by atoms with Crippen LogP contribution in [0.2, 0.25) is 0 Å². The quantitative estimate of drug-likeness (QED) is 0.321. The predicted octanol–water partition coefficient (Wildman–Crippen LogP) is 6.74. The molecule has 198 valence electrons. The number of rotatable bonds is 5. The second-order valence-corrected chi connectivity index (χ2v) is 11.6. The highest BCUT2D eigenvalue weighted by atomic mass is 19.1. The number of H-pyrrole nitrogens is 1. The number of ether oxygens (including phenoxy) is 2. The lowest BCUT2D eigenvalue weighted by Crippen LogP contribution is -2.48. The van der Waals surface area contributed by atoms with Crippen molar-refractivity contribution in [1.29, 1.82) is 0 Å². The minimum Gasteiger partial charge on any atom is -0.486 e. The third kappa shape index (κ3) is 4.53. The van der Waals surface area contributed by atoms with E-state index >= 15 is 0 Å². The van der Waals surface area contributed by atoms with Crippen molar-refractivity contribution in [3.8, 4) is 11.5 Å². The number of fused-ring (bicyclic) bond motifs is 6. The molecule has 2 aliphatic carbocycles. The lowest BCUT2D eigenvalue weighted by atomic mass is 9.85. The van der Waals surface area contributed by atoms with Crippen molar-refractivity contribution < 1.29 is 13.9 Å². The summed E-state index contributed by atoms with van der Waals surface area (Å²) < 4.78 is 27.0. The van der Waals surface area contributed by atoms with Crippen LogP contribution in [0.4, 0.5) is 4.39 Å². The van der Waals surface area contributed by atoms with Crippen LogP contribution < -0.4 is 9.47 Å². The standard InChI is InChI=1S/C32H36FN3O2/c1-20-7-10-25-28(34-20)13-14-31-32(25)38-24(19-37-31)18-36(23-5-3-2-4-6-23)17-21-8-11-29-26(15-21)27-16-22(33)9-12-30(27)35-29/h7,9-10,12-14,16,21,23-24,35H,2-6,8,11,15,17-19H2,1H3/t21-,24-/m0/s1. The second-order valence-electron chi connectivity index (χ2n) is 11.6. The third-order valence-electron chi connectivity index (χ3n) is 8.91. The Hall–Kier alpha value is -3.12. The van der Waals surface area contributed by atoms with Gasteiger partial charge in [-0.25, -0.2) is 4.39 Å². The zero-order valence-electron chi connectivity index (χ0n) is 22.1. The average molecular weight is 514 g/mol. The maximum atomic E-state index is 14.1. The average Bonchev–Trinajstić information content (AvgIpc) is 3.30. The molecule has 2 aromatic carbocycles. The van der Waals surface area contributed by atoms with Crippen LogP contribution in [0.3, 0.4) is 0 Å². The van der Waals surface area contributed by atoms with Crippen LogP contribution in [0.15, 0.2) is 42.5 Å². The Morgan fingerprint density at radius 1 is 1.00 bits per heavy atom. The first-order valence-corrected chi connectivity index (χ1v) is 14.3. The normalized spacial score (nSPS) is 21.8. The van der Waals surface area contributed by atoms with Crippen molar-refractivity contribution in [2.45, 2.75) is 70.4 Å². The molecule has 0 bridgehead atoms. The van der Waals surface area contributed by atoms with E-state index in [2.05, 4.69) is 20.9 Å². The van der Waals surface area contributed by atoms with Crippen molar-refractivity contribution in [3.63, 3.8) is 0 Å². The largest absolute Gasteiger partial charge is 0.486 e. The molecule has 0 saturated heterocycles. The number of aromatic nitrogens is 2. The molecule has 3 heterocycles. The number of hydrogen-bond donors (Lipinski definition) is 1. The van der Waals surface area contributed by atoms with Gasteiger partial charge in [0.2, 0.25) is 0 Å². The van der Waals surface area contributed by atoms with Crippen LogP contribution in [0.5, 0.6) is 11.5 Å². The lowest BCUT2D eigenvalue weighted by Gasteiger charge is -2.40. The van der Waals surface area contributed by atoms with Crippen LogP contribution in [-0.4, -0.2) is 46.7 Å². The molecule has 0 spiro atoms. The molecule has 2 atom stereocenters. The van der Waals surface area contributed by atoms with Crippen LogP contribution in [0.25, 0.3) is 21.8 Å². The maximum absolute atomic E-state index is 14.1. The smallest absolute Gasteiger partial charge is 0.171 e. The monoisotopic (exact) mass is 513 g/mol. The van der Waals surface area contributed by atoms with E-state index in [-0.39, 0.29) is 11.9 Å². The highest BCUT2D eigenvalue weighted by Crippen LogP contribution is 2.39. The summed E-state index contributed by atoms with van der Waals surface area (Å²) in [4.78, 5) is 10.9. The molecule has 2 aromatic heterocycles. The number of pyridine rings is 1. The molecule has 1 saturated carbocycles. The first kappa shape index (κ1) is 24.0. The van der Waals surface area contributed by atoms with Crippen molar-refractivity contribution in [2.75, 3.05) is 19.7 Å². The molecule has 0 unspecified atom stereocenters. The molecular weight excluding hydrogens is 477 g/mol. The molecule has 1 N–H and O–H groups in total. The Labute approximate surface area is 223 Å². The molecule has 0 amide bonds. The fourth-order valence-electron chi connectivity index (χ4n) is 7.00. The van der Waals surface area contributed by atoms with Gasteiger partial charge in [0.25, 0.3) is 0 Å². The summed E-state index contributed by atoms with van der Waals surface area (Å²) in [5.41, 5.74) is 5.62. The highest BCUT2D eigenvalue weighted by molar-refractivity contribution is 5.88. The Bertz CT molecular complexity index is 1470. The van der Waals surface area contributed by atoms with Gasteiger partial charge in [-0.05, 0) is 93.0 Å². The molecule has 0 radical (unpaired) electrons. The summed E-state index contributed by atoms with van der Waals surface area (Å²) in [6.45, 7) is 4.50. The molecule has 4 aromatic rings. The van der Waals surface area contributed by atoms with Gasteiger partial charge in [0.1, 0.15) is 18.5 Å². The van der Waals surface area contributed by atoms with E-state index in [0.29, 0.717) is 18.6 Å². The van der Waals surface area contributed by atoms with Gasteiger partial charge in [-0.15, -0.1) is 0 Å². The van der Waals surface area contributed by atoms with Gasteiger partial charge >= 0.3 is 0 Å². The highest BCUT2D eigenvalue weighted by Gasteiger charge is 2.32. The van der Waals surface area contributed by atoms with Gasteiger partial charge in [-0.3, -0.25) is 9.88 Å². The number of nitrogens with one attached hydrogen (secondary N) is 1. The van der Waals surface area contributed by atoms with E-state index in [1.54, 1.807) is 12.1 Å². The van der Waals surface area contributed by atoms with Gasteiger partial charge in [0, 0.05) is 46.8 Å². The Morgan fingerprint density at radius 2 is 1.89 bits per heavy atom. The summed E-state index contributed by atoms with van der Waals surface area (Å²) >= 11 is 0. The first-order valence-electron chi connectivity index (χ1n) is 14.3. The minimum atomic E-state index is -0.155. The zero-order valence-corrected chi connectivity index (χ0v) is 22.1. The second kappa shape index (κ2) is 9.88. The van der Waals surface area contributed by atoms with E-state index in [4.69, 9.17) is 9.47 Å². The summed E-state index contributed by atoms with van der Waals surface area (Å²) in [5.74, 6) is 2.04. The summed E-state index contributed by atoms with van der Waals surface area (Å²) in [5, 5.41) is 2.08. The fraction of sp³-hybridized carbons (Fsp3) is 0.469. The van der Waals surface area contributed by atoms with Gasteiger partial charge < -0.3 is 14.5 Å². The predicted molar refractivity (Wildman–Crippen MR) is 149 cm³/mol. The molecule has 3 aliphatic rings. The van der Waals surface area contributed by atoms with Crippen molar-refractivity contribution >= 4 is 21.8 Å². The van der Waals surface area contributed by atoms with Crippen LogP contribution in [0.1, 0.15) is 55.5 Å². The van der Waals surface area contributed by atoms with E-state index in [9.17, 15) is 4.39 Å². The number of nitrogens with zero attached hydrogens (tertiary/aromatic N) is 2. The SMILES string of the molecule is Cc1ccc2c3c(ccc2n1)OC[C@H](CN(C[C@H]1CCc2[nH]c4ccc(F)cc4c2C1)C1CCCCC1)O3. The number of aromatic amines is 1. The van der Waals surface area contributed by atoms with Gasteiger partial charge in [0.05, 0.1) is 5.52 Å². The molecular formula is C32H36FN3O2. The number of benzene rings is 2. The Morgan fingerprint density at radius 3 is 2.79 bits per heavy atom. The number of aryl methyl sites for hydroxylation is 2. The molecule has 5 nitrogen and oxygen atoms in total. The molecule has 1 fully saturated rings. The molecule has 6 heteroatoms. The number of hydrogen-bond acceptors (Lipinski definition) is 4. The Balaban J connectivity index is 1.12. The van der Waals surface area contributed by atoms with Crippen molar-refractivity contribution in [2.24, 2.45) is 5.92 Å². The van der Waals surface area contributed by atoms with E-state index < -0.39 is 0 Å². The fourth-order valence-corrected chi connectivity index (χ4v) is 7.00. The summed E-state index contributed by atoms with van der Waals surface area (Å²) in [6, 6.07) is 13.9. The van der Waals surface area contributed by atoms with Crippen LogP contribution >= 0.6 is 0 Å². The van der Waals surface area contributed by atoms with Crippen molar-refractivity contribution in [1.82, 2.24) is 14.9 Å². The van der Waals surface area contributed by atoms with Crippen LogP contribution in [0, 0.1) is 18.7 Å². The maximum Gasteiger partial charge on any atom is 0.171 e. The Kier molecular flexibility index (Phi) is 6.23. The van der Waals surface area contributed by atoms with Gasteiger partial charge in [0.15, 0.2) is 11.5 Å². The summed E-state index contributed by atoms with van der Waals surface area (Å²) in [6.07, 6.45) is 9.64. The molecule has 38 heavy (non-hydrogen) atoms. The lowest BCUT2D eigenvalue weighted by molar-refractivity contribution is 0.0313. The van der Waals surface area contributed by atoms with E-state index in [1.165, 1.54) is 43.4 Å². The van der Waals surface area contributed by atoms with E-state index in [1.807, 2.05) is 31.2 Å². The topological polar surface area (TPSA) is 50.4 Å². The third-order valence-corrected chi connectivity index (χ3v) is 8.91. The van der Waals surface area contributed by atoms with Crippen LogP contribution in [-0.2, 0) is 12.8 Å². The summed E-state index contributed by atoms with van der Waals surface area (Å²) in [7, 11) is 0. The first-order chi connectivity index (χ1) is 18.6. The molecule has 1 aliphatic heterocycles. The van der Waals surface area contributed by atoms with Gasteiger partial charge in [-0.1, -0.05) is 19.3 Å². The van der Waals surface area contributed by atoms with Gasteiger partial charge in [-0.2, -0.15) is 0 Å². The van der Waals surface area contributed by atoms with E-state index in [0.717, 1.165) is 71.4 Å². The van der Waals surface area contributed by atoms with Crippen molar-refractivity contribution in [3.05, 3.63) is 65.2 Å². The minimum absolute atomic E-state index is 0.0161.